The molecular weight excluding hydrogens is 569 g/mol. The minimum atomic E-state index is -0.481. The molecule has 32 heavy (non-hydrogen) atoms. The van der Waals surface area contributed by atoms with Crippen molar-refractivity contribution in [3.63, 3.8) is 0 Å². The average molecular weight is 588 g/mol. The molecule has 10 heteroatoms. The third kappa shape index (κ3) is 5.76. The molecular formula is C22H19ClINO6S. The van der Waals surface area contributed by atoms with Crippen LogP contribution in [0.2, 0.25) is 5.02 Å². The van der Waals surface area contributed by atoms with E-state index in [0.29, 0.717) is 37.9 Å². The van der Waals surface area contributed by atoms with Crippen LogP contribution in [0.4, 0.5) is 10.5 Å². The number of carbonyl (C=O) groups excluding carboxylic acids is 3. The number of nitrogens with zero attached hydrogens (tertiary/aromatic N) is 1. The zero-order chi connectivity index (χ0) is 23.3. The number of hydrogen-bond donors (Lipinski definition) is 0. The fourth-order valence-corrected chi connectivity index (χ4v) is 4.59. The molecule has 0 atom stereocenters. The maximum Gasteiger partial charge on any atom is 0.344 e. The van der Waals surface area contributed by atoms with Crippen molar-refractivity contribution in [3.8, 4) is 11.5 Å². The van der Waals surface area contributed by atoms with Gasteiger partial charge in [-0.2, -0.15) is 0 Å². The van der Waals surface area contributed by atoms with Crippen molar-refractivity contribution in [2.45, 2.75) is 13.8 Å². The topological polar surface area (TPSA) is 82.1 Å². The summed E-state index contributed by atoms with van der Waals surface area (Å²) in [6.07, 6.45) is 1.63. The fraction of sp³-hybridized carbons (Fsp3) is 0.227. The van der Waals surface area contributed by atoms with E-state index in [1.807, 2.05) is 6.92 Å². The summed E-state index contributed by atoms with van der Waals surface area (Å²) in [5, 5.41) is 0.122. The van der Waals surface area contributed by atoms with Crippen LogP contribution >= 0.6 is 46.0 Å². The lowest BCUT2D eigenvalue weighted by Crippen LogP contribution is -2.27. The first-order valence-corrected chi connectivity index (χ1v) is 11.9. The molecule has 168 valence electrons. The van der Waals surface area contributed by atoms with Crippen LogP contribution in [-0.2, 0) is 14.3 Å². The standard InChI is InChI=1S/C22H19ClINO6S/c1-3-29-17-10-13(9-16(24)20(17)31-12-19(26)30-4-2)11-18-21(27)25(22(28)32-18)15-7-5-14(23)6-8-15/h5-11H,3-4,12H2,1-2H3/b18-11+. The Bertz CT molecular complexity index is 1070. The quantitative estimate of drug-likeness (QED) is 0.228. The van der Waals surface area contributed by atoms with E-state index in [2.05, 4.69) is 22.6 Å². The van der Waals surface area contributed by atoms with Gasteiger partial charge in [-0.1, -0.05) is 11.6 Å². The first-order chi connectivity index (χ1) is 15.3. The molecule has 2 amide bonds. The summed E-state index contributed by atoms with van der Waals surface area (Å²) in [5.74, 6) is -0.0672. The first kappa shape index (κ1) is 24.4. The van der Waals surface area contributed by atoms with Gasteiger partial charge in [0.05, 0.1) is 27.4 Å². The smallest absolute Gasteiger partial charge is 0.344 e. The number of hydrogen-bond acceptors (Lipinski definition) is 7. The molecule has 0 saturated carbocycles. The average Bonchev–Trinajstić information content (AvgIpc) is 3.01. The minimum absolute atomic E-state index is 0.247. The van der Waals surface area contributed by atoms with E-state index in [4.69, 9.17) is 25.8 Å². The number of benzene rings is 2. The lowest BCUT2D eigenvalue weighted by Gasteiger charge is -2.14. The summed E-state index contributed by atoms with van der Waals surface area (Å²) in [6.45, 7) is 3.94. The van der Waals surface area contributed by atoms with Crippen molar-refractivity contribution < 1.29 is 28.6 Å². The molecule has 1 fully saturated rings. The molecule has 0 N–H and O–H groups in total. The van der Waals surface area contributed by atoms with Crippen LogP contribution in [0.25, 0.3) is 6.08 Å². The molecule has 0 unspecified atom stereocenters. The Morgan fingerprint density at radius 1 is 1.12 bits per heavy atom. The van der Waals surface area contributed by atoms with Crippen LogP contribution in [0.1, 0.15) is 19.4 Å². The van der Waals surface area contributed by atoms with Crippen LogP contribution < -0.4 is 14.4 Å². The third-order valence-electron chi connectivity index (χ3n) is 4.15. The van der Waals surface area contributed by atoms with E-state index in [1.165, 1.54) is 0 Å². The van der Waals surface area contributed by atoms with Gasteiger partial charge in [0.1, 0.15) is 0 Å². The van der Waals surface area contributed by atoms with Crippen molar-refractivity contribution in [1.29, 1.82) is 0 Å². The highest BCUT2D eigenvalue weighted by Gasteiger charge is 2.36. The maximum absolute atomic E-state index is 12.9. The van der Waals surface area contributed by atoms with Crippen LogP contribution in [0, 0.1) is 3.57 Å². The Kier molecular flexibility index (Phi) is 8.44. The van der Waals surface area contributed by atoms with Gasteiger partial charge < -0.3 is 14.2 Å². The second-order valence-electron chi connectivity index (χ2n) is 6.35. The molecule has 0 bridgehead atoms. The first-order valence-electron chi connectivity index (χ1n) is 9.62. The van der Waals surface area contributed by atoms with E-state index in [1.54, 1.807) is 49.4 Å². The largest absolute Gasteiger partial charge is 0.490 e. The van der Waals surface area contributed by atoms with Gasteiger partial charge in [0, 0.05) is 5.02 Å². The second kappa shape index (κ2) is 11.1. The van der Waals surface area contributed by atoms with Gasteiger partial charge in [-0.05, 0) is 96.2 Å². The molecule has 0 aromatic heterocycles. The van der Waals surface area contributed by atoms with E-state index in [9.17, 15) is 14.4 Å². The predicted octanol–water partition coefficient (Wildman–Crippen LogP) is 5.53. The molecule has 2 aromatic rings. The van der Waals surface area contributed by atoms with Crippen LogP contribution in [0.15, 0.2) is 41.3 Å². The number of amides is 2. The SMILES string of the molecule is CCOC(=O)COc1c(I)cc(/C=C2/SC(=O)N(c3ccc(Cl)cc3)C2=O)cc1OCC. The van der Waals surface area contributed by atoms with Crippen molar-refractivity contribution in [1.82, 2.24) is 0 Å². The van der Waals surface area contributed by atoms with Crippen molar-refractivity contribution in [3.05, 3.63) is 55.5 Å². The van der Waals surface area contributed by atoms with Gasteiger partial charge in [-0.25, -0.2) is 9.69 Å². The van der Waals surface area contributed by atoms with E-state index >= 15 is 0 Å². The van der Waals surface area contributed by atoms with Crippen LogP contribution in [0.3, 0.4) is 0 Å². The van der Waals surface area contributed by atoms with E-state index < -0.39 is 17.1 Å². The van der Waals surface area contributed by atoms with Gasteiger partial charge in [0.15, 0.2) is 18.1 Å². The van der Waals surface area contributed by atoms with Crippen molar-refractivity contribution in [2.24, 2.45) is 0 Å². The molecule has 1 saturated heterocycles. The summed E-state index contributed by atoms with van der Waals surface area (Å²) >= 11 is 8.82. The summed E-state index contributed by atoms with van der Waals surface area (Å²) in [6, 6.07) is 9.95. The van der Waals surface area contributed by atoms with Crippen molar-refractivity contribution in [2.75, 3.05) is 24.7 Å². The highest BCUT2D eigenvalue weighted by Crippen LogP contribution is 2.39. The summed E-state index contributed by atoms with van der Waals surface area (Å²) in [5.41, 5.74) is 1.11. The number of anilines is 1. The Hall–Kier alpha value is -2.24. The molecule has 3 rings (SSSR count). The van der Waals surface area contributed by atoms with Gasteiger partial charge in [-0.15, -0.1) is 0 Å². The van der Waals surface area contributed by atoms with E-state index in [0.717, 1.165) is 16.7 Å². The molecule has 0 spiro atoms. The maximum atomic E-state index is 12.9. The number of imide groups is 1. The summed E-state index contributed by atoms with van der Waals surface area (Å²) in [4.78, 5) is 38.4. The van der Waals surface area contributed by atoms with Crippen LogP contribution in [0.5, 0.6) is 11.5 Å². The molecule has 0 radical (unpaired) electrons. The Labute approximate surface area is 208 Å². The van der Waals surface area contributed by atoms with Gasteiger partial charge in [-0.3, -0.25) is 9.59 Å². The predicted molar refractivity (Wildman–Crippen MR) is 132 cm³/mol. The fourth-order valence-electron chi connectivity index (χ4n) is 2.84. The Morgan fingerprint density at radius 3 is 2.50 bits per heavy atom. The highest BCUT2D eigenvalue weighted by molar-refractivity contribution is 14.1. The molecule has 1 heterocycles. The highest BCUT2D eigenvalue weighted by atomic mass is 127. The molecule has 2 aromatic carbocycles. The molecule has 1 aliphatic heterocycles. The third-order valence-corrected chi connectivity index (χ3v) is 6.07. The Morgan fingerprint density at radius 2 is 1.84 bits per heavy atom. The van der Waals surface area contributed by atoms with Gasteiger partial charge in [0.2, 0.25) is 0 Å². The number of carbonyl (C=O) groups is 3. The monoisotopic (exact) mass is 587 g/mol. The zero-order valence-corrected chi connectivity index (χ0v) is 21.0. The lowest BCUT2D eigenvalue weighted by atomic mass is 10.1. The van der Waals surface area contributed by atoms with Crippen molar-refractivity contribution >= 4 is 74.8 Å². The Balaban J connectivity index is 1.87. The van der Waals surface area contributed by atoms with Gasteiger partial charge in [0.25, 0.3) is 11.1 Å². The van der Waals surface area contributed by atoms with E-state index in [-0.39, 0.29) is 18.1 Å². The second-order valence-corrected chi connectivity index (χ2v) is 8.94. The lowest BCUT2D eigenvalue weighted by molar-refractivity contribution is -0.145. The minimum Gasteiger partial charge on any atom is -0.490 e. The molecule has 1 aliphatic rings. The number of halogens is 2. The molecule has 7 nitrogen and oxygen atoms in total. The van der Waals surface area contributed by atoms with Gasteiger partial charge >= 0.3 is 5.97 Å². The number of thioether (sulfide) groups is 1. The summed E-state index contributed by atoms with van der Waals surface area (Å²) in [7, 11) is 0. The number of rotatable bonds is 8. The molecule has 0 aliphatic carbocycles. The summed E-state index contributed by atoms with van der Waals surface area (Å²) < 4.78 is 16.9. The zero-order valence-electron chi connectivity index (χ0n) is 17.2. The normalized spacial score (nSPS) is 14.8. The van der Waals surface area contributed by atoms with Crippen LogP contribution in [-0.4, -0.2) is 36.9 Å². The number of ether oxygens (including phenoxy) is 3. The number of esters is 1.